The Hall–Kier alpha value is -2.27. The lowest BCUT2D eigenvalue weighted by atomic mass is 10.0. The third kappa shape index (κ3) is 1.48. The second-order valence-electron chi connectivity index (χ2n) is 3.88. The van der Waals surface area contributed by atoms with Gasteiger partial charge in [-0.05, 0) is 6.07 Å². The first-order valence-corrected chi connectivity index (χ1v) is 5.66. The smallest absolute Gasteiger partial charge is 0.250 e. The van der Waals surface area contributed by atoms with E-state index >= 15 is 0 Å². The van der Waals surface area contributed by atoms with E-state index in [0.29, 0.717) is 16.3 Å². The summed E-state index contributed by atoms with van der Waals surface area (Å²) < 4.78 is 0. The summed E-state index contributed by atoms with van der Waals surface area (Å²) in [4.78, 5) is 14.5. The van der Waals surface area contributed by atoms with Crippen molar-refractivity contribution in [1.29, 1.82) is 0 Å². The van der Waals surface area contributed by atoms with Gasteiger partial charge in [-0.2, -0.15) is 5.10 Å². The zero-order chi connectivity index (χ0) is 12.7. The molecule has 0 bridgehead atoms. The summed E-state index contributed by atoms with van der Waals surface area (Å²) in [5.41, 5.74) is 7.80. The summed E-state index contributed by atoms with van der Waals surface area (Å²) in [5, 5.41) is 8.29. The minimum Gasteiger partial charge on any atom is -0.366 e. The third-order valence-corrected chi connectivity index (χ3v) is 3.12. The van der Waals surface area contributed by atoms with Crippen molar-refractivity contribution in [2.75, 3.05) is 0 Å². The van der Waals surface area contributed by atoms with Crippen LogP contribution in [0.25, 0.3) is 22.2 Å². The first-order valence-electron chi connectivity index (χ1n) is 5.28. The van der Waals surface area contributed by atoms with Gasteiger partial charge in [0.05, 0.1) is 16.1 Å². The van der Waals surface area contributed by atoms with E-state index in [4.69, 9.17) is 17.3 Å². The van der Waals surface area contributed by atoms with E-state index in [1.165, 1.54) is 0 Å². The van der Waals surface area contributed by atoms with Gasteiger partial charge in [-0.15, -0.1) is 0 Å². The number of carbonyl (C=O) groups excluding carboxylic acids is 1. The van der Waals surface area contributed by atoms with Crippen LogP contribution in [0.15, 0.2) is 30.6 Å². The number of hydrogen-bond donors (Lipinski definition) is 3. The van der Waals surface area contributed by atoms with Crippen molar-refractivity contribution in [1.82, 2.24) is 15.2 Å². The van der Waals surface area contributed by atoms with Gasteiger partial charge in [-0.1, -0.05) is 23.7 Å². The van der Waals surface area contributed by atoms with Crippen LogP contribution in [0.2, 0.25) is 5.02 Å². The third-order valence-electron chi connectivity index (χ3n) is 2.80. The Morgan fingerprint density at radius 1 is 1.33 bits per heavy atom. The molecule has 2 heterocycles. The number of carbonyl (C=O) groups is 1. The maximum Gasteiger partial charge on any atom is 0.250 e. The maximum atomic E-state index is 11.5. The lowest BCUT2D eigenvalue weighted by Crippen LogP contribution is -2.13. The molecule has 3 rings (SSSR count). The van der Waals surface area contributed by atoms with E-state index in [1.807, 2.05) is 0 Å². The number of aromatic amines is 2. The van der Waals surface area contributed by atoms with Gasteiger partial charge in [0.1, 0.15) is 5.69 Å². The Kier molecular flexibility index (Phi) is 2.34. The summed E-state index contributed by atoms with van der Waals surface area (Å²) >= 11 is 6.02. The molecule has 0 spiro atoms. The number of hydrogen-bond acceptors (Lipinski definition) is 2. The Morgan fingerprint density at radius 2 is 2.17 bits per heavy atom. The molecule has 0 saturated carbocycles. The van der Waals surface area contributed by atoms with Gasteiger partial charge < -0.3 is 10.7 Å². The van der Waals surface area contributed by atoms with E-state index in [2.05, 4.69) is 15.2 Å². The van der Waals surface area contributed by atoms with E-state index in [9.17, 15) is 4.79 Å². The first kappa shape index (κ1) is 10.9. The number of H-pyrrole nitrogens is 2. The monoisotopic (exact) mass is 260 g/mol. The minimum atomic E-state index is -0.567. The Morgan fingerprint density at radius 3 is 2.94 bits per heavy atom. The SMILES string of the molecule is NC(=O)c1c(Cl)cccc1-c1n[nH]c2c[nH]cc12. The highest BCUT2D eigenvalue weighted by Crippen LogP contribution is 2.31. The fraction of sp³-hybridized carbons (Fsp3) is 0. The van der Waals surface area contributed by atoms with Gasteiger partial charge in [-0.3, -0.25) is 9.89 Å². The molecule has 0 aliphatic rings. The number of fused-ring (bicyclic) bond motifs is 1. The average molecular weight is 261 g/mol. The largest absolute Gasteiger partial charge is 0.366 e. The lowest BCUT2D eigenvalue weighted by molar-refractivity contribution is 0.100. The second kappa shape index (κ2) is 3.89. The number of primary amides is 1. The number of rotatable bonds is 2. The normalized spacial score (nSPS) is 10.9. The molecule has 0 aliphatic heterocycles. The predicted molar refractivity (Wildman–Crippen MR) is 69.4 cm³/mol. The molecule has 2 aromatic heterocycles. The molecule has 0 unspecified atom stereocenters. The van der Waals surface area contributed by atoms with Crippen LogP contribution < -0.4 is 5.73 Å². The molecular weight excluding hydrogens is 252 g/mol. The molecule has 0 atom stereocenters. The van der Waals surface area contributed by atoms with Crippen molar-refractivity contribution < 1.29 is 4.79 Å². The average Bonchev–Trinajstić information content (AvgIpc) is 2.89. The molecule has 1 amide bonds. The molecule has 1 aromatic carbocycles. The standard InChI is InChI=1S/C12H9ClN4O/c13-8-3-1-2-6(10(8)12(14)18)11-7-4-15-5-9(7)16-17-11/h1-5,15-16H,(H2,14,18). The van der Waals surface area contributed by atoms with Crippen LogP contribution in [0.4, 0.5) is 0 Å². The van der Waals surface area contributed by atoms with Crippen molar-refractivity contribution in [3.63, 3.8) is 0 Å². The zero-order valence-electron chi connectivity index (χ0n) is 9.20. The summed E-state index contributed by atoms with van der Waals surface area (Å²) in [6.45, 7) is 0. The van der Waals surface area contributed by atoms with Crippen LogP contribution in [-0.4, -0.2) is 21.1 Å². The van der Waals surface area contributed by atoms with E-state index < -0.39 is 5.91 Å². The molecule has 0 radical (unpaired) electrons. The lowest BCUT2D eigenvalue weighted by Gasteiger charge is -2.05. The van der Waals surface area contributed by atoms with Crippen LogP contribution in [0.5, 0.6) is 0 Å². The van der Waals surface area contributed by atoms with Crippen molar-refractivity contribution in [3.8, 4) is 11.3 Å². The Labute approximate surface area is 107 Å². The number of amides is 1. The Balaban J connectivity index is 2.33. The van der Waals surface area contributed by atoms with E-state index in [1.54, 1.807) is 30.6 Å². The Bertz CT molecular complexity index is 743. The molecule has 3 aromatic rings. The highest BCUT2D eigenvalue weighted by atomic mass is 35.5. The molecule has 4 N–H and O–H groups in total. The molecule has 0 fully saturated rings. The van der Waals surface area contributed by atoms with E-state index in [-0.39, 0.29) is 5.56 Å². The van der Waals surface area contributed by atoms with Gasteiger partial charge in [0.2, 0.25) is 0 Å². The van der Waals surface area contributed by atoms with Crippen molar-refractivity contribution in [2.24, 2.45) is 5.73 Å². The topological polar surface area (TPSA) is 87.6 Å². The molecular formula is C12H9ClN4O. The van der Waals surface area contributed by atoms with Gasteiger partial charge in [0.25, 0.3) is 5.91 Å². The van der Waals surface area contributed by atoms with Crippen LogP contribution in [0, 0.1) is 0 Å². The molecule has 5 nitrogen and oxygen atoms in total. The highest BCUT2D eigenvalue weighted by molar-refractivity contribution is 6.34. The number of halogens is 1. The fourth-order valence-corrected chi connectivity index (χ4v) is 2.27. The first-order chi connectivity index (χ1) is 8.68. The maximum absolute atomic E-state index is 11.5. The van der Waals surface area contributed by atoms with Gasteiger partial charge in [0, 0.05) is 23.3 Å². The summed E-state index contributed by atoms with van der Waals surface area (Å²) in [6.07, 6.45) is 3.60. The van der Waals surface area contributed by atoms with Crippen molar-refractivity contribution >= 4 is 28.4 Å². The van der Waals surface area contributed by atoms with Gasteiger partial charge in [0.15, 0.2) is 0 Å². The zero-order valence-corrected chi connectivity index (χ0v) is 9.95. The summed E-state index contributed by atoms with van der Waals surface area (Å²) in [7, 11) is 0. The number of nitrogens with one attached hydrogen (secondary N) is 2. The van der Waals surface area contributed by atoms with Crippen LogP contribution in [-0.2, 0) is 0 Å². The summed E-state index contributed by atoms with van der Waals surface area (Å²) in [6, 6.07) is 5.16. The van der Waals surface area contributed by atoms with Crippen molar-refractivity contribution in [2.45, 2.75) is 0 Å². The number of nitrogens with zero attached hydrogens (tertiary/aromatic N) is 1. The predicted octanol–water partition coefficient (Wildman–Crippen LogP) is 2.31. The van der Waals surface area contributed by atoms with Crippen LogP contribution >= 0.6 is 11.6 Å². The quantitative estimate of drug-likeness (QED) is 0.660. The fourth-order valence-electron chi connectivity index (χ4n) is 2.01. The molecule has 90 valence electrons. The van der Waals surface area contributed by atoms with Crippen LogP contribution in [0.1, 0.15) is 10.4 Å². The molecule has 0 saturated heterocycles. The molecule has 18 heavy (non-hydrogen) atoms. The second-order valence-corrected chi connectivity index (χ2v) is 4.29. The number of aromatic nitrogens is 3. The highest BCUT2D eigenvalue weighted by Gasteiger charge is 2.18. The van der Waals surface area contributed by atoms with E-state index in [0.717, 1.165) is 10.9 Å². The number of nitrogens with two attached hydrogens (primary N) is 1. The van der Waals surface area contributed by atoms with Crippen molar-refractivity contribution in [3.05, 3.63) is 41.2 Å². The summed E-state index contributed by atoms with van der Waals surface area (Å²) in [5.74, 6) is -0.567. The minimum absolute atomic E-state index is 0.286. The molecule has 0 aliphatic carbocycles. The van der Waals surface area contributed by atoms with Crippen LogP contribution in [0.3, 0.4) is 0 Å². The van der Waals surface area contributed by atoms with Gasteiger partial charge >= 0.3 is 0 Å². The number of benzene rings is 1. The van der Waals surface area contributed by atoms with Gasteiger partial charge in [-0.25, -0.2) is 0 Å². The molecule has 6 heteroatoms.